The second kappa shape index (κ2) is 5.14. The Morgan fingerprint density at radius 2 is 2.12 bits per heavy atom. The molecule has 17 heavy (non-hydrogen) atoms. The zero-order chi connectivity index (χ0) is 13.4. The highest BCUT2D eigenvalue weighted by Gasteiger charge is 2.34. The average molecular weight is 363 g/mol. The molecule has 1 N–H and O–H groups in total. The van der Waals surface area contributed by atoms with E-state index in [2.05, 4.69) is 15.9 Å². The van der Waals surface area contributed by atoms with Gasteiger partial charge in [0, 0.05) is 7.05 Å². The van der Waals surface area contributed by atoms with Gasteiger partial charge in [0.25, 0.3) is 10.0 Å². The lowest BCUT2D eigenvalue weighted by molar-refractivity contribution is 0.138. The molecule has 0 aliphatic rings. The number of rotatable bonds is 4. The summed E-state index contributed by atoms with van der Waals surface area (Å²) in [5.41, 5.74) is -0.859. The van der Waals surface area contributed by atoms with Gasteiger partial charge in [0.2, 0.25) is 0 Å². The number of hydrogen-bond donors (Lipinski definition) is 1. The van der Waals surface area contributed by atoms with Crippen LogP contribution in [-0.4, -0.2) is 37.0 Å². The maximum absolute atomic E-state index is 12.2. The van der Waals surface area contributed by atoms with Crippen molar-refractivity contribution < 1.29 is 13.5 Å². The van der Waals surface area contributed by atoms with Gasteiger partial charge in [-0.1, -0.05) is 11.6 Å². The first-order chi connectivity index (χ1) is 7.63. The summed E-state index contributed by atoms with van der Waals surface area (Å²) in [5, 5.41) is 9.56. The maximum atomic E-state index is 12.2. The van der Waals surface area contributed by atoms with Crippen LogP contribution in [0.1, 0.15) is 13.8 Å². The number of nitrogens with zero attached hydrogens (tertiary/aromatic N) is 1. The highest BCUT2D eigenvalue weighted by molar-refractivity contribution is 9.11. The van der Waals surface area contributed by atoms with Gasteiger partial charge in [0.1, 0.15) is 4.21 Å². The van der Waals surface area contributed by atoms with Crippen molar-refractivity contribution in [3.05, 3.63) is 14.9 Å². The molecule has 0 radical (unpaired) electrons. The minimum absolute atomic E-state index is 0.151. The monoisotopic (exact) mass is 361 g/mol. The molecular formula is C9H13BrClNO3S2. The zero-order valence-corrected chi connectivity index (χ0v) is 13.5. The fourth-order valence-electron chi connectivity index (χ4n) is 1.01. The van der Waals surface area contributed by atoms with Gasteiger partial charge in [-0.25, -0.2) is 8.42 Å². The normalized spacial score (nSPS) is 13.4. The van der Waals surface area contributed by atoms with E-state index in [1.165, 1.54) is 13.1 Å². The topological polar surface area (TPSA) is 57.6 Å². The minimum Gasteiger partial charge on any atom is -0.394 e. The average Bonchev–Trinajstić information content (AvgIpc) is 2.58. The van der Waals surface area contributed by atoms with Crippen molar-refractivity contribution in [1.29, 1.82) is 0 Å². The van der Waals surface area contributed by atoms with E-state index in [-0.39, 0.29) is 10.8 Å². The Morgan fingerprint density at radius 3 is 2.47 bits per heavy atom. The van der Waals surface area contributed by atoms with E-state index in [9.17, 15) is 13.5 Å². The van der Waals surface area contributed by atoms with Crippen LogP contribution in [0, 0.1) is 0 Å². The molecule has 1 heterocycles. The molecule has 8 heteroatoms. The van der Waals surface area contributed by atoms with Crippen LogP contribution in [0.3, 0.4) is 0 Å². The molecule has 0 aromatic carbocycles. The number of aliphatic hydroxyl groups excluding tert-OH is 1. The van der Waals surface area contributed by atoms with Crippen LogP contribution in [0.2, 0.25) is 5.02 Å². The van der Waals surface area contributed by atoms with E-state index in [4.69, 9.17) is 11.6 Å². The first kappa shape index (κ1) is 15.4. The van der Waals surface area contributed by atoms with Crippen LogP contribution in [0.4, 0.5) is 0 Å². The summed E-state index contributed by atoms with van der Waals surface area (Å²) in [6, 6.07) is 1.40. The Hall–Kier alpha value is 0.340. The molecular weight excluding hydrogens is 350 g/mol. The van der Waals surface area contributed by atoms with Crippen LogP contribution in [0.25, 0.3) is 0 Å². The van der Waals surface area contributed by atoms with Crippen molar-refractivity contribution in [1.82, 2.24) is 4.31 Å². The van der Waals surface area contributed by atoms with E-state index in [1.54, 1.807) is 13.8 Å². The van der Waals surface area contributed by atoms with Gasteiger partial charge in [0.05, 0.1) is 21.0 Å². The molecule has 1 rings (SSSR count). The standard InChI is InChI=1S/C9H13BrClNO3S2/c1-9(2,5-13)12(3)17(14,15)7-4-6(11)8(10)16-7/h4,13H,5H2,1-3H3. The lowest BCUT2D eigenvalue weighted by Gasteiger charge is -2.32. The number of hydrogen-bond acceptors (Lipinski definition) is 4. The second-order valence-electron chi connectivity index (χ2n) is 4.13. The van der Waals surface area contributed by atoms with E-state index >= 15 is 0 Å². The van der Waals surface area contributed by atoms with Gasteiger partial charge < -0.3 is 5.11 Å². The molecule has 1 aromatic rings. The number of sulfonamides is 1. The summed E-state index contributed by atoms with van der Waals surface area (Å²) in [5.74, 6) is 0. The van der Waals surface area contributed by atoms with Crippen molar-refractivity contribution in [3.8, 4) is 0 Å². The summed E-state index contributed by atoms with van der Waals surface area (Å²) in [6.07, 6.45) is 0. The van der Waals surface area contributed by atoms with Crippen LogP contribution in [-0.2, 0) is 10.0 Å². The van der Waals surface area contributed by atoms with E-state index < -0.39 is 15.6 Å². The summed E-state index contributed by atoms with van der Waals surface area (Å²) < 4.78 is 26.4. The van der Waals surface area contributed by atoms with Crippen molar-refractivity contribution in [3.63, 3.8) is 0 Å². The predicted molar refractivity (Wildman–Crippen MR) is 73.1 cm³/mol. The SMILES string of the molecule is CN(C(C)(C)CO)S(=O)(=O)c1cc(Cl)c(Br)s1. The van der Waals surface area contributed by atoms with Gasteiger partial charge in [-0.15, -0.1) is 11.3 Å². The molecule has 0 bridgehead atoms. The summed E-state index contributed by atoms with van der Waals surface area (Å²) in [6.45, 7) is 3.03. The first-order valence-electron chi connectivity index (χ1n) is 4.67. The quantitative estimate of drug-likeness (QED) is 0.895. The van der Waals surface area contributed by atoms with E-state index in [0.717, 1.165) is 15.6 Å². The molecule has 0 spiro atoms. The molecule has 0 saturated heterocycles. The molecule has 0 aliphatic carbocycles. The molecule has 0 amide bonds. The number of likely N-dealkylation sites (N-methyl/N-ethyl adjacent to an activating group) is 1. The number of thiophene rings is 1. The molecule has 0 fully saturated rings. The number of aliphatic hydroxyl groups is 1. The fraction of sp³-hybridized carbons (Fsp3) is 0.556. The van der Waals surface area contributed by atoms with Crippen LogP contribution in [0.5, 0.6) is 0 Å². The van der Waals surface area contributed by atoms with Gasteiger partial charge in [-0.2, -0.15) is 4.31 Å². The van der Waals surface area contributed by atoms with Gasteiger partial charge in [0.15, 0.2) is 0 Å². The Bertz CT molecular complexity index is 493. The molecule has 0 unspecified atom stereocenters. The third-order valence-electron chi connectivity index (χ3n) is 2.48. The maximum Gasteiger partial charge on any atom is 0.252 e. The molecule has 0 saturated carbocycles. The van der Waals surface area contributed by atoms with Gasteiger partial charge in [-0.05, 0) is 35.8 Å². The van der Waals surface area contributed by atoms with Crippen molar-refractivity contribution >= 4 is 48.9 Å². The smallest absolute Gasteiger partial charge is 0.252 e. The Kier molecular flexibility index (Phi) is 4.66. The molecule has 0 aliphatic heterocycles. The summed E-state index contributed by atoms with van der Waals surface area (Å²) in [4.78, 5) is 0. The molecule has 98 valence electrons. The highest BCUT2D eigenvalue weighted by Crippen LogP contribution is 2.36. The van der Waals surface area contributed by atoms with Crippen LogP contribution < -0.4 is 0 Å². The summed E-state index contributed by atoms with van der Waals surface area (Å²) in [7, 11) is -2.20. The van der Waals surface area contributed by atoms with Crippen molar-refractivity contribution in [2.24, 2.45) is 0 Å². The van der Waals surface area contributed by atoms with Gasteiger partial charge >= 0.3 is 0 Å². The van der Waals surface area contributed by atoms with Crippen molar-refractivity contribution in [2.45, 2.75) is 23.6 Å². The van der Waals surface area contributed by atoms with Crippen molar-refractivity contribution in [2.75, 3.05) is 13.7 Å². The molecule has 0 atom stereocenters. The third kappa shape index (κ3) is 3.02. The lowest BCUT2D eigenvalue weighted by Crippen LogP contribution is -2.47. The Morgan fingerprint density at radius 1 is 1.59 bits per heavy atom. The molecule has 4 nitrogen and oxygen atoms in total. The second-order valence-corrected chi connectivity index (χ2v) is 9.10. The first-order valence-corrected chi connectivity index (χ1v) is 8.10. The van der Waals surface area contributed by atoms with E-state index in [1.807, 2.05) is 0 Å². The third-order valence-corrected chi connectivity index (χ3v) is 7.47. The van der Waals surface area contributed by atoms with Crippen LogP contribution in [0.15, 0.2) is 14.1 Å². The largest absolute Gasteiger partial charge is 0.394 e. The van der Waals surface area contributed by atoms with Gasteiger partial charge in [-0.3, -0.25) is 0 Å². The minimum atomic E-state index is -3.63. The lowest BCUT2D eigenvalue weighted by atomic mass is 10.1. The highest BCUT2D eigenvalue weighted by atomic mass is 79.9. The zero-order valence-electron chi connectivity index (χ0n) is 9.57. The number of halogens is 2. The Balaban J connectivity index is 3.20. The van der Waals surface area contributed by atoms with Crippen LogP contribution >= 0.6 is 38.9 Å². The predicted octanol–water partition coefficient (Wildman–Crippen LogP) is 2.56. The van der Waals surface area contributed by atoms with E-state index in [0.29, 0.717) is 8.81 Å². The summed E-state index contributed by atoms with van der Waals surface area (Å²) >= 11 is 10.0. The molecule has 1 aromatic heterocycles. The Labute approximate surface area is 118 Å². The fourth-order valence-corrected chi connectivity index (χ4v) is 5.09.